The molecule has 0 saturated carbocycles. The topological polar surface area (TPSA) is 46.5 Å². The number of phenolic OH excluding ortho intramolecular Hbond substituents is 1. The summed E-state index contributed by atoms with van der Waals surface area (Å²) in [6, 6.07) is 4.98. The Morgan fingerprint density at radius 3 is 2.67 bits per heavy atom. The molecule has 0 aliphatic carbocycles. The predicted octanol–water partition coefficient (Wildman–Crippen LogP) is 2.52. The smallest absolute Gasteiger partial charge is 0.342 e. The lowest BCUT2D eigenvalue weighted by atomic mass is 10.1. The molecule has 0 unspecified atom stereocenters. The van der Waals surface area contributed by atoms with Crippen molar-refractivity contribution in [3.8, 4) is 5.75 Å². The Labute approximate surface area is 89.7 Å². The number of ether oxygens (including phenoxy) is 1. The van der Waals surface area contributed by atoms with E-state index in [1.165, 1.54) is 6.07 Å². The molecular formula is C12H16O3. The van der Waals surface area contributed by atoms with Crippen molar-refractivity contribution in [2.24, 2.45) is 0 Å². The first-order valence-corrected chi connectivity index (χ1v) is 5.07. The van der Waals surface area contributed by atoms with Crippen molar-refractivity contribution in [2.75, 3.05) is 0 Å². The van der Waals surface area contributed by atoms with E-state index < -0.39 is 5.97 Å². The number of carbonyl (C=O) groups is 1. The number of rotatable bonds is 3. The molecule has 3 heteroatoms. The van der Waals surface area contributed by atoms with Crippen LogP contribution in [0, 0.1) is 0 Å². The van der Waals surface area contributed by atoms with E-state index in [9.17, 15) is 9.90 Å². The summed E-state index contributed by atoms with van der Waals surface area (Å²) in [5, 5.41) is 9.51. The van der Waals surface area contributed by atoms with Crippen LogP contribution >= 0.6 is 0 Å². The van der Waals surface area contributed by atoms with Crippen LogP contribution in [-0.4, -0.2) is 17.2 Å². The Morgan fingerprint density at radius 2 is 2.13 bits per heavy atom. The standard InChI is InChI=1S/C12H16O3/c1-4-9-5-6-11(13)10(7-9)12(14)15-8(2)3/h5-8,13H,4H2,1-3H3. The molecule has 0 radical (unpaired) electrons. The molecule has 0 spiro atoms. The van der Waals surface area contributed by atoms with Gasteiger partial charge in [0.25, 0.3) is 0 Å². The van der Waals surface area contributed by atoms with Gasteiger partial charge in [0.15, 0.2) is 0 Å². The van der Waals surface area contributed by atoms with Crippen molar-refractivity contribution in [1.29, 1.82) is 0 Å². The maximum Gasteiger partial charge on any atom is 0.342 e. The zero-order chi connectivity index (χ0) is 11.4. The van der Waals surface area contributed by atoms with Crippen molar-refractivity contribution >= 4 is 5.97 Å². The monoisotopic (exact) mass is 208 g/mol. The molecule has 1 aromatic rings. The van der Waals surface area contributed by atoms with Gasteiger partial charge in [-0.3, -0.25) is 0 Å². The van der Waals surface area contributed by atoms with Crippen molar-refractivity contribution in [3.05, 3.63) is 29.3 Å². The van der Waals surface area contributed by atoms with Crippen LogP contribution in [0.5, 0.6) is 5.75 Å². The third-order valence-electron chi connectivity index (χ3n) is 2.03. The van der Waals surface area contributed by atoms with Gasteiger partial charge in [0.05, 0.1) is 6.10 Å². The van der Waals surface area contributed by atoms with Crippen LogP contribution in [0.15, 0.2) is 18.2 Å². The van der Waals surface area contributed by atoms with Gasteiger partial charge in [-0.2, -0.15) is 0 Å². The second-order valence-electron chi connectivity index (χ2n) is 3.66. The highest BCUT2D eigenvalue weighted by molar-refractivity contribution is 5.92. The molecule has 0 amide bonds. The zero-order valence-corrected chi connectivity index (χ0v) is 9.28. The van der Waals surface area contributed by atoms with Gasteiger partial charge in [-0.15, -0.1) is 0 Å². The average molecular weight is 208 g/mol. The Morgan fingerprint density at radius 1 is 1.47 bits per heavy atom. The van der Waals surface area contributed by atoms with Crippen molar-refractivity contribution in [2.45, 2.75) is 33.3 Å². The summed E-state index contributed by atoms with van der Waals surface area (Å²) < 4.78 is 5.02. The van der Waals surface area contributed by atoms with Gasteiger partial charge in [0, 0.05) is 0 Å². The van der Waals surface area contributed by atoms with Gasteiger partial charge >= 0.3 is 5.97 Å². The van der Waals surface area contributed by atoms with Gasteiger partial charge in [-0.05, 0) is 38.0 Å². The fourth-order valence-corrected chi connectivity index (χ4v) is 1.24. The fraction of sp³-hybridized carbons (Fsp3) is 0.417. The predicted molar refractivity (Wildman–Crippen MR) is 58.0 cm³/mol. The summed E-state index contributed by atoms with van der Waals surface area (Å²) in [6.07, 6.45) is 0.643. The third kappa shape index (κ3) is 2.98. The van der Waals surface area contributed by atoms with Crippen LogP contribution in [0.25, 0.3) is 0 Å². The Kier molecular flexibility index (Phi) is 3.72. The molecule has 0 aliphatic rings. The second-order valence-corrected chi connectivity index (χ2v) is 3.66. The van der Waals surface area contributed by atoms with Crippen LogP contribution in [0.2, 0.25) is 0 Å². The van der Waals surface area contributed by atoms with Gasteiger partial charge in [0.1, 0.15) is 11.3 Å². The minimum atomic E-state index is -0.474. The number of hydrogen-bond acceptors (Lipinski definition) is 3. The molecule has 0 heterocycles. The van der Waals surface area contributed by atoms with Crippen LogP contribution in [0.1, 0.15) is 36.7 Å². The summed E-state index contributed by atoms with van der Waals surface area (Å²) in [5.74, 6) is -0.504. The van der Waals surface area contributed by atoms with Crippen molar-refractivity contribution < 1.29 is 14.6 Å². The Bertz CT molecular complexity index is 356. The molecule has 1 N–H and O–H groups in total. The highest BCUT2D eigenvalue weighted by Gasteiger charge is 2.14. The number of carbonyl (C=O) groups excluding carboxylic acids is 1. The Balaban J connectivity index is 2.96. The summed E-state index contributed by atoms with van der Waals surface area (Å²) in [6.45, 7) is 5.54. The maximum absolute atomic E-state index is 11.6. The van der Waals surface area contributed by atoms with Crippen LogP contribution in [0.3, 0.4) is 0 Å². The molecule has 1 rings (SSSR count). The summed E-state index contributed by atoms with van der Waals surface area (Å²) in [7, 11) is 0. The minimum absolute atomic E-state index is 0.0298. The van der Waals surface area contributed by atoms with E-state index in [0.717, 1.165) is 12.0 Å². The zero-order valence-electron chi connectivity index (χ0n) is 9.28. The van der Waals surface area contributed by atoms with Gasteiger partial charge in [0.2, 0.25) is 0 Å². The first kappa shape index (κ1) is 11.6. The molecule has 0 fully saturated rings. The van der Waals surface area contributed by atoms with Gasteiger partial charge in [-0.25, -0.2) is 4.79 Å². The van der Waals surface area contributed by atoms with Crippen LogP contribution < -0.4 is 0 Å². The van der Waals surface area contributed by atoms with E-state index in [1.54, 1.807) is 26.0 Å². The van der Waals surface area contributed by atoms with Crippen molar-refractivity contribution in [3.63, 3.8) is 0 Å². The highest BCUT2D eigenvalue weighted by Crippen LogP contribution is 2.20. The number of hydrogen-bond donors (Lipinski definition) is 1. The lowest BCUT2D eigenvalue weighted by Gasteiger charge is -2.09. The lowest BCUT2D eigenvalue weighted by molar-refractivity contribution is 0.0374. The van der Waals surface area contributed by atoms with Crippen molar-refractivity contribution in [1.82, 2.24) is 0 Å². The molecule has 82 valence electrons. The van der Waals surface area contributed by atoms with E-state index in [1.807, 2.05) is 6.92 Å². The van der Waals surface area contributed by atoms with Crippen LogP contribution in [-0.2, 0) is 11.2 Å². The molecule has 0 saturated heterocycles. The number of phenols is 1. The number of benzene rings is 1. The molecular weight excluding hydrogens is 192 g/mol. The molecule has 0 bridgehead atoms. The molecule has 3 nitrogen and oxygen atoms in total. The van der Waals surface area contributed by atoms with E-state index in [4.69, 9.17) is 4.74 Å². The molecule has 0 aliphatic heterocycles. The van der Waals surface area contributed by atoms with E-state index in [-0.39, 0.29) is 17.4 Å². The average Bonchev–Trinajstić information content (AvgIpc) is 2.17. The largest absolute Gasteiger partial charge is 0.507 e. The number of esters is 1. The molecule has 1 aromatic carbocycles. The van der Waals surface area contributed by atoms with Gasteiger partial charge < -0.3 is 9.84 Å². The molecule has 0 aromatic heterocycles. The molecule has 15 heavy (non-hydrogen) atoms. The first-order valence-electron chi connectivity index (χ1n) is 5.07. The summed E-state index contributed by atoms with van der Waals surface area (Å²) >= 11 is 0. The third-order valence-corrected chi connectivity index (χ3v) is 2.03. The maximum atomic E-state index is 11.6. The van der Waals surface area contributed by atoms with E-state index in [2.05, 4.69) is 0 Å². The fourth-order valence-electron chi connectivity index (χ4n) is 1.24. The van der Waals surface area contributed by atoms with Crippen LogP contribution in [0.4, 0.5) is 0 Å². The summed E-state index contributed by atoms with van der Waals surface area (Å²) in [4.78, 5) is 11.6. The second kappa shape index (κ2) is 4.82. The van der Waals surface area contributed by atoms with E-state index >= 15 is 0 Å². The van der Waals surface area contributed by atoms with Gasteiger partial charge in [-0.1, -0.05) is 13.0 Å². The summed E-state index contributed by atoms with van der Waals surface area (Å²) in [5.41, 5.74) is 1.24. The normalized spacial score (nSPS) is 10.4. The first-order chi connectivity index (χ1) is 7.04. The highest BCUT2D eigenvalue weighted by atomic mass is 16.5. The minimum Gasteiger partial charge on any atom is -0.507 e. The molecule has 0 atom stereocenters. The SMILES string of the molecule is CCc1ccc(O)c(C(=O)OC(C)C)c1. The quantitative estimate of drug-likeness (QED) is 0.776. The lowest BCUT2D eigenvalue weighted by Crippen LogP contribution is -2.12. The number of aryl methyl sites for hydroxylation is 1. The van der Waals surface area contributed by atoms with E-state index in [0.29, 0.717) is 0 Å². The Hall–Kier alpha value is -1.51. The number of aromatic hydroxyl groups is 1.